The second-order valence-electron chi connectivity index (χ2n) is 8.53. The quantitative estimate of drug-likeness (QED) is 0.776. The SMILES string of the molecule is Cc1cnc(Nc2cncs2)nc1N1CC(CC#N)(N2CCN3C[C@H](F)C[C@H]3C2)C1. The van der Waals surface area contributed by atoms with Crippen molar-refractivity contribution in [2.45, 2.75) is 37.5 Å². The summed E-state index contributed by atoms with van der Waals surface area (Å²) in [7, 11) is 0. The van der Waals surface area contributed by atoms with Gasteiger partial charge in [0.2, 0.25) is 5.95 Å². The number of fused-ring (bicyclic) bond motifs is 1. The summed E-state index contributed by atoms with van der Waals surface area (Å²) < 4.78 is 13.9. The smallest absolute Gasteiger partial charge is 0.229 e. The van der Waals surface area contributed by atoms with E-state index in [9.17, 15) is 9.65 Å². The summed E-state index contributed by atoms with van der Waals surface area (Å²) in [6.07, 6.45) is 3.95. The van der Waals surface area contributed by atoms with Crippen molar-refractivity contribution in [3.05, 3.63) is 23.5 Å². The molecule has 2 aromatic rings. The molecular weight excluding hydrogens is 403 g/mol. The molecule has 0 unspecified atom stereocenters. The van der Waals surface area contributed by atoms with Crippen LogP contribution in [0.25, 0.3) is 0 Å². The molecule has 5 heterocycles. The van der Waals surface area contributed by atoms with Crippen LogP contribution in [0.15, 0.2) is 17.9 Å². The molecule has 1 N–H and O–H groups in total. The van der Waals surface area contributed by atoms with Gasteiger partial charge < -0.3 is 10.2 Å². The summed E-state index contributed by atoms with van der Waals surface area (Å²) in [5, 5.41) is 13.6. The molecule has 0 aromatic carbocycles. The largest absolute Gasteiger partial charge is 0.352 e. The number of nitrogens with zero attached hydrogens (tertiary/aromatic N) is 7. The molecule has 2 aromatic heterocycles. The highest BCUT2D eigenvalue weighted by molar-refractivity contribution is 7.13. The van der Waals surface area contributed by atoms with Gasteiger partial charge in [-0.3, -0.25) is 14.8 Å². The van der Waals surface area contributed by atoms with Crippen molar-refractivity contribution in [3.63, 3.8) is 0 Å². The molecule has 3 saturated heterocycles. The first-order chi connectivity index (χ1) is 14.6. The van der Waals surface area contributed by atoms with Gasteiger partial charge in [0.1, 0.15) is 17.0 Å². The lowest BCUT2D eigenvalue weighted by atomic mass is 9.83. The van der Waals surface area contributed by atoms with Gasteiger partial charge in [-0.15, -0.1) is 11.3 Å². The fourth-order valence-electron chi connectivity index (χ4n) is 5.00. The molecule has 3 aliphatic heterocycles. The maximum Gasteiger partial charge on any atom is 0.229 e. The van der Waals surface area contributed by atoms with E-state index < -0.39 is 6.17 Å². The molecule has 0 bridgehead atoms. The number of rotatable bonds is 5. The fourth-order valence-corrected chi connectivity index (χ4v) is 5.50. The fraction of sp³-hybridized carbons (Fsp3) is 0.600. The zero-order valence-corrected chi connectivity index (χ0v) is 17.8. The highest BCUT2D eigenvalue weighted by atomic mass is 32.1. The van der Waals surface area contributed by atoms with E-state index >= 15 is 0 Å². The van der Waals surface area contributed by atoms with Crippen molar-refractivity contribution >= 4 is 28.1 Å². The summed E-state index contributed by atoms with van der Waals surface area (Å²) in [5.74, 6) is 1.44. The average molecular weight is 429 g/mol. The van der Waals surface area contributed by atoms with E-state index in [2.05, 4.69) is 36.1 Å². The predicted molar refractivity (Wildman–Crippen MR) is 114 cm³/mol. The molecule has 8 nitrogen and oxygen atoms in total. The van der Waals surface area contributed by atoms with Crippen molar-refractivity contribution in [1.29, 1.82) is 5.26 Å². The van der Waals surface area contributed by atoms with Gasteiger partial charge in [0, 0.05) is 57.1 Å². The second kappa shape index (κ2) is 7.72. The van der Waals surface area contributed by atoms with E-state index in [-0.39, 0.29) is 11.6 Å². The minimum absolute atomic E-state index is 0.183. The minimum atomic E-state index is -0.715. The first-order valence-electron chi connectivity index (χ1n) is 10.3. The predicted octanol–water partition coefficient (Wildman–Crippen LogP) is 2.19. The number of alkyl halides is 1. The molecule has 158 valence electrons. The number of anilines is 3. The molecule has 0 saturated carbocycles. The molecule has 3 fully saturated rings. The number of hydrogen-bond acceptors (Lipinski definition) is 9. The number of nitrogens with one attached hydrogen (secondary N) is 1. The molecule has 0 aliphatic carbocycles. The van der Waals surface area contributed by atoms with Crippen molar-refractivity contribution in [1.82, 2.24) is 24.8 Å². The zero-order valence-electron chi connectivity index (χ0n) is 17.0. The molecule has 3 aliphatic rings. The van der Waals surface area contributed by atoms with E-state index in [1.54, 1.807) is 11.7 Å². The van der Waals surface area contributed by atoms with Crippen LogP contribution in [0.3, 0.4) is 0 Å². The van der Waals surface area contributed by atoms with Crippen LogP contribution in [-0.2, 0) is 0 Å². The highest BCUT2D eigenvalue weighted by Crippen LogP contribution is 2.38. The van der Waals surface area contributed by atoms with Crippen LogP contribution in [0.5, 0.6) is 0 Å². The molecule has 10 heteroatoms. The van der Waals surface area contributed by atoms with Gasteiger partial charge in [-0.25, -0.2) is 9.37 Å². The molecular formula is C20H25FN8S. The second-order valence-corrected chi connectivity index (χ2v) is 9.42. The van der Waals surface area contributed by atoms with E-state index in [4.69, 9.17) is 4.98 Å². The third-order valence-electron chi connectivity index (χ3n) is 6.53. The summed E-state index contributed by atoms with van der Waals surface area (Å²) >= 11 is 1.50. The number of nitriles is 1. The summed E-state index contributed by atoms with van der Waals surface area (Å²) in [4.78, 5) is 20.1. The van der Waals surface area contributed by atoms with Crippen molar-refractivity contribution in [2.24, 2.45) is 0 Å². The van der Waals surface area contributed by atoms with Crippen molar-refractivity contribution in [2.75, 3.05) is 49.5 Å². The maximum absolute atomic E-state index is 13.9. The molecule has 0 spiro atoms. The number of aryl methyl sites for hydroxylation is 1. The normalized spacial score (nSPS) is 26.1. The summed E-state index contributed by atoms with van der Waals surface area (Å²) in [5.41, 5.74) is 2.59. The minimum Gasteiger partial charge on any atom is -0.352 e. The molecule has 0 radical (unpaired) electrons. The van der Waals surface area contributed by atoms with Crippen LogP contribution in [0.4, 0.5) is 21.2 Å². The van der Waals surface area contributed by atoms with Gasteiger partial charge in [-0.05, 0) is 13.3 Å². The molecule has 0 amide bonds. The Bertz CT molecular complexity index is 939. The summed E-state index contributed by atoms with van der Waals surface area (Å²) in [6, 6.07) is 2.67. The average Bonchev–Trinajstić information content (AvgIpc) is 3.34. The van der Waals surface area contributed by atoms with Crippen LogP contribution < -0.4 is 10.2 Å². The van der Waals surface area contributed by atoms with E-state index in [1.165, 1.54) is 11.3 Å². The lowest BCUT2D eigenvalue weighted by Gasteiger charge is -2.58. The Balaban J connectivity index is 1.31. The topological polar surface area (TPSA) is 84.2 Å². The Morgan fingerprint density at radius 1 is 1.33 bits per heavy atom. The van der Waals surface area contributed by atoms with Crippen LogP contribution in [-0.4, -0.2) is 81.8 Å². The Kier molecular flexibility index (Phi) is 5.05. The molecule has 30 heavy (non-hydrogen) atoms. The summed E-state index contributed by atoms with van der Waals surface area (Å²) in [6.45, 7) is 6.69. The van der Waals surface area contributed by atoms with Gasteiger partial charge in [-0.2, -0.15) is 10.2 Å². The zero-order chi connectivity index (χ0) is 20.7. The van der Waals surface area contributed by atoms with Gasteiger partial charge in [0.05, 0.1) is 29.7 Å². The van der Waals surface area contributed by atoms with Gasteiger partial charge in [0.15, 0.2) is 0 Å². The Morgan fingerprint density at radius 2 is 2.20 bits per heavy atom. The van der Waals surface area contributed by atoms with Crippen LogP contribution in [0.1, 0.15) is 18.4 Å². The van der Waals surface area contributed by atoms with Gasteiger partial charge in [-0.1, -0.05) is 0 Å². The van der Waals surface area contributed by atoms with Crippen LogP contribution in [0, 0.1) is 18.3 Å². The molecule has 2 atom stereocenters. The third-order valence-corrected chi connectivity index (χ3v) is 7.21. The molecule has 5 rings (SSSR count). The van der Waals surface area contributed by atoms with E-state index in [0.29, 0.717) is 25.3 Å². The highest BCUT2D eigenvalue weighted by Gasteiger charge is 2.51. The first-order valence-corrected chi connectivity index (χ1v) is 11.2. The third kappa shape index (κ3) is 3.51. The van der Waals surface area contributed by atoms with Crippen LogP contribution in [0.2, 0.25) is 0 Å². The lowest BCUT2D eigenvalue weighted by molar-refractivity contribution is -0.000627. The Morgan fingerprint density at radius 3 is 2.97 bits per heavy atom. The van der Waals surface area contributed by atoms with Crippen molar-refractivity contribution < 1.29 is 4.39 Å². The lowest BCUT2D eigenvalue weighted by Crippen LogP contribution is -2.73. The Hall–Kier alpha value is -2.35. The Labute approximate surface area is 179 Å². The number of thiazole rings is 1. The number of aromatic nitrogens is 3. The maximum atomic E-state index is 13.9. The van der Waals surface area contributed by atoms with Gasteiger partial charge >= 0.3 is 0 Å². The standard InChI is InChI=1S/C20H25FN8S/c1-14-7-24-19(25-17-8-23-13-30-17)26-18(14)28-11-20(12-28,2-3-22)29-5-4-27-9-15(21)6-16(27)10-29/h7-8,13,15-16H,2,4-6,9-12H2,1H3,(H,24,25,26)/t15-,16+/m1/s1. The monoisotopic (exact) mass is 428 g/mol. The number of piperazine rings is 1. The van der Waals surface area contributed by atoms with E-state index in [0.717, 1.165) is 49.1 Å². The van der Waals surface area contributed by atoms with E-state index in [1.807, 2.05) is 13.1 Å². The van der Waals surface area contributed by atoms with Crippen molar-refractivity contribution in [3.8, 4) is 6.07 Å². The first kappa shape index (κ1) is 19.6. The number of hydrogen-bond donors (Lipinski definition) is 1. The number of halogens is 1. The van der Waals surface area contributed by atoms with Crippen LogP contribution >= 0.6 is 11.3 Å². The van der Waals surface area contributed by atoms with Gasteiger partial charge in [0.25, 0.3) is 0 Å².